The standard InChI is InChI=1S/C16H17N3O/c1-2-3-10-20-14-9-8-12-11-6-4-5-7-13(11)18-16(17)15(12)19-14/h4-9H,2-3,10H2,1H3,(H2,17,18). The van der Waals surface area contributed by atoms with Gasteiger partial charge in [0.05, 0.1) is 12.1 Å². The van der Waals surface area contributed by atoms with Crippen molar-refractivity contribution in [3.8, 4) is 5.88 Å². The molecule has 0 radical (unpaired) electrons. The summed E-state index contributed by atoms with van der Waals surface area (Å²) in [5.74, 6) is 1.05. The molecular weight excluding hydrogens is 250 g/mol. The van der Waals surface area contributed by atoms with Gasteiger partial charge in [-0.05, 0) is 18.6 Å². The predicted octanol–water partition coefficient (Wildman–Crippen LogP) is 3.54. The van der Waals surface area contributed by atoms with Crippen molar-refractivity contribution in [2.24, 2.45) is 0 Å². The second-order valence-corrected chi connectivity index (χ2v) is 4.76. The Balaban J connectivity index is 2.10. The number of hydrogen-bond acceptors (Lipinski definition) is 4. The largest absolute Gasteiger partial charge is 0.478 e. The minimum absolute atomic E-state index is 0.444. The van der Waals surface area contributed by atoms with Gasteiger partial charge in [-0.1, -0.05) is 31.5 Å². The lowest BCUT2D eigenvalue weighted by Crippen LogP contribution is -2.00. The number of rotatable bonds is 4. The van der Waals surface area contributed by atoms with E-state index in [1.165, 1.54) is 0 Å². The fraction of sp³-hybridized carbons (Fsp3) is 0.250. The molecule has 4 heteroatoms. The van der Waals surface area contributed by atoms with Crippen LogP contribution < -0.4 is 10.5 Å². The van der Waals surface area contributed by atoms with Crippen molar-refractivity contribution < 1.29 is 4.74 Å². The van der Waals surface area contributed by atoms with Gasteiger partial charge in [-0.2, -0.15) is 0 Å². The predicted molar refractivity (Wildman–Crippen MR) is 81.9 cm³/mol. The molecule has 0 bridgehead atoms. The molecule has 0 aliphatic heterocycles. The lowest BCUT2D eigenvalue weighted by atomic mass is 10.1. The van der Waals surface area contributed by atoms with Gasteiger partial charge in [-0.15, -0.1) is 0 Å². The minimum Gasteiger partial charge on any atom is -0.478 e. The molecule has 0 saturated heterocycles. The Morgan fingerprint density at radius 1 is 1.05 bits per heavy atom. The summed E-state index contributed by atoms with van der Waals surface area (Å²) in [7, 11) is 0. The number of aromatic nitrogens is 2. The maximum absolute atomic E-state index is 6.02. The highest BCUT2D eigenvalue weighted by molar-refractivity contribution is 6.08. The fourth-order valence-electron chi connectivity index (χ4n) is 2.24. The van der Waals surface area contributed by atoms with Crippen molar-refractivity contribution in [3.63, 3.8) is 0 Å². The topological polar surface area (TPSA) is 61.0 Å². The third-order valence-corrected chi connectivity index (χ3v) is 3.30. The number of anilines is 1. The summed E-state index contributed by atoms with van der Waals surface area (Å²) in [6.07, 6.45) is 2.12. The Morgan fingerprint density at radius 3 is 2.75 bits per heavy atom. The first-order chi connectivity index (χ1) is 9.79. The van der Waals surface area contributed by atoms with Gasteiger partial charge in [0.2, 0.25) is 5.88 Å². The number of ether oxygens (including phenoxy) is 1. The van der Waals surface area contributed by atoms with Crippen LogP contribution >= 0.6 is 0 Å². The van der Waals surface area contributed by atoms with Gasteiger partial charge in [-0.3, -0.25) is 0 Å². The number of benzene rings is 1. The number of nitrogens with two attached hydrogens (primary N) is 1. The number of pyridine rings is 2. The number of hydrogen-bond donors (Lipinski definition) is 1. The highest BCUT2D eigenvalue weighted by Crippen LogP contribution is 2.28. The van der Waals surface area contributed by atoms with Crippen molar-refractivity contribution in [3.05, 3.63) is 36.4 Å². The fourth-order valence-corrected chi connectivity index (χ4v) is 2.24. The van der Waals surface area contributed by atoms with Gasteiger partial charge in [-0.25, -0.2) is 9.97 Å². The van der Waals surface area contributed by atoms with E-state index in [1.807, 2.05) is 36.4 Å². The number of para-hydroxylation sites is 1. The summed E-state index contributed by atoms with van der Waals surface area (Å²) in [5, 5.41) is 2.07. The van der Waals surface area contributed by atoms with Crippen LogP contribution in [0, 0.1) is 0 Å². The van der Waals surface area contributed by atoms with E-state index in [-0.39, 0.29) is 0 Å². The first kappa shape index (κ1) is 12.7. The monoisotopic (exact) mass is 267 g/mol. The number of nitrogen functional groups attached to an aromatic ring is 1. The molecule has 20 heavy (non-hydrogen) atoms. The zero-order valence-electron chi connectivity index (χ0n) is 11.5. The van der Waals surface area contributed by atoms with Crippen molar-refractivity contribution >= 4 is 27.6 Å². The summed E-state index contributed by atoms with van der Waals surface area (Å²) in [6.45, 7) is 2.81. The van der Waals surface area contributed by atoms with Crippen molar-refractivity contribution in [2.45, 2.75) is 19.8 Å². The van der Waals surface area contributed by atoms with E-state index >= 15 is 0 Å². The number of fused-ring (bicyclic) bond motifs is 3. The molecule has 2 heterocycles. The van der Waals surface area contributed by atoms with Crippen LogP contribution in [0.4, 0.5) is 5.82 Å². The maximum atomic E-state index is 6.02. The highest BCUT2D eigenvalue weighted by atomic mass is 16.5. The van der Waals surface area contributed by atoms with Gasteiger partial charge in [0.15, 0.2) is 5.82 Å². The van der Waals surface area contributed by atoms with E-state index in [4.69, 9.17) is 10.5 Å². The maximum Gasteiger partial charge on any atom is 0.213 e. The molecule has 0 amide bonds. The van der Waals surface area contributed by atoms with E-state index < -0.39 is 0 Å². The molecule has 0 unspecified atom stereocenters. The summed E-state index contributed by atoms with van der Waals surface area (Å²) in [4.78, 5) is 8.89. The SMILES string of the molecule is CCCCOc1ccc2c(n1)c(N)nc1ccccc12. The van der Waals surface area contributed by atoms with E-state index in [2.05, 4.69) is 16.9 Å². The van der Waals surface area contributed by atoms with Crippen LogP contribution in [-0.4, -0.2) is 16.6 Å². The molecule has 1 aromatic carbocycles. The van der Waals surface area contributed by atoms with Crippen LogP contribution in [0.5, 0.6) is 5.88 Å². The zero-order chi connectivity index (χ0) is 13.9. The minimum atomic E-state index is 0.444. The Morgan fingerprint density at radius 2 is 1.90 bits per heavy atom. The molecule has 0 spiro atoms. The molecule has 2 aromatic heterocycles. The lowest BCUT2D eigenvalue weighted by molar-refractivity contribution is 0.299. The van der Waals surface area contributed by atoms with Gasteiger partial charge in [0.1, 0.15) is 5.52 Å². The summed E-state index contributed by atoms with van der Waals surface area (Å²) >= 11 is 0. The molecule has 102 valence electrons. The Kier molecular flexibility index (Phi) is 3.37. The molecule has 0 saturated carbocycles. The highest BCUT2D eigenvalue weighted by Gasteiger charge is 2.08. The first-order valence-corrected chi connectivity index (χ1v) is 6.87. The van der Waals surface area contributed by atoms with Crippen molar-refractivity contribution in [1.82, 2.24) is 9.97 Å². The summed E-state index contributed by atoms with van der Waals surface area (Å²) in [5.41, 5.74) is 7.61. The molecule has 0 aliphatic rings. The van der Waals surface area contributed by atoms with Crippen LogP contribution in [0.1, 0.15) is 19.8 Å². The average molecular weight is 267 g/mol. The first-order valence-electron chi connectivity index (χ1n) is 6.87. The van der Waals surface area contributed by atoms with Crippen LogP contribution in [0.25, 0.3) is 21.8 Å². The van der Waals surface area contributed by atoms with Crippen molar-refractivity contribution in [1.29, 1.82) is 0 Å². The normalized spacial score (nSPS) is 11.1. The lowest BCUT2D eigenvalue weighted by Gasteiger charge is -2.08. The van der Waals surface area contributed by atoms with E-state index in [1.54, 1.807) is 0 Å². The van der Waals surface area contributed by atoms with Crippen LogP contribution in [0.3, 0.4) is 0 Å². The molecule has 2 N–H and O–H groups in total. The van der Waals surface area contributed by atoms with Crippen molar-refractivity contribution in [2.75, 3.05) is 12.3 Å². The molecule has 0 aliphatic carbocycles. The quantitative estimate of drug-likeness (QED) is 0.580. The molecule has 3 rings (SSSR count). The Bertz CT molecular complexity index is 755. The molecular formula is C16H17N3O. The average Bonchev–Trinajstić information content (AvgIpc) is 2.48. The van der Waals surface area contributed by atoms with Gasteiger partial charge in [0, 0.05) is 16.8 Å². The molecule has 0 atom stereocenters. The smallest absolute Gasteiger partial charge is 0.213 e. The van der Waals surface area contributed by atoms with E-state index in [9.17, 15) is 0 Å². The number of nitrogens with zero attached hydrogens (tertiary/aromatic N) is 2. The number of unbranched alkanes of at least 4 members (excludes halogenated alkanes) is 1. The third kappa shape index (κ3) is 2.25. The van der Waals surface area contributed by atoms with Gasteiger partial charge in [0.25, 0.3) is 0 Å². The second kappa shape index (κ2) is 5.33. The van der Waals surface area contributed by atoms with Crippen LogP contribution in [-0.2, 0) is 0 Å². The molecule has 4 nitrogen and oxygen atoms in total. The second-order valence-electron chi connectivity index (χ2n) is 4.76. The van der Waals surface area contributed by atoms with E-state index in [0.29, 0.717) is 23.8 Å². The summed E-state index contributed by atoms with van der Waals surface area (Å²) in [6, 6.07) is 11.8. The third-order valence-electron chi connectivity index (χ3n) is 3.30. The molecule has 3 aromatic rings. The van der Waals surface area contributed by atoms with E-state index in [0.717, 1.165) is 29.1 Å². The zero-order valence-corrected chi connectivity index (χ0v) is 11.5. The van der Waals surface area contributed by atoms with Gasteiger partial charge < -0.3 is 10.5 Å². The van der Waals surface area contributed by atoms with Crippen LogP contribution in [0.15, 0.2) is 36.4 Å². The molecule has 0 fully saturated rings. The van der Waals surface area contributed by atoms with Crippen LogP contribution in [0.2, 0.25) is 0 Å². The Hall–Kier alpha value is -2.36. The van der Waals surface area contributed by atoms with Gasteiger partial charge >= 0.3 is 0 Å². The summed E-state index contributed by atoms with van der Waals surface area (Å²) < 4.78 is 5.63. The Labute approximate surface area is 117 Å².